The number of amides is 4. The lowest BCUT2D eigenvalue weighted by molar-refractivity contribution is -0.151. The van der Waals surface area contributed by atoms with E-state index < -0.39 is 41.3 Å². The van der Waals surface area contributed by atoms with Gasteiger partial charge in [0.15, 0.2) is 0 Å². The number of esters is 1. The summed E-state index contributed by atoms with van der Waals surface area (Å²) in [6.07, 6.45) is -1.45. The van der Waals surface area contributed by atoms with Crippen LogP contribution in [-0.2, 0) is 39.9 Å². The van der Waals surface area contributed by atoms with E-state index in [9.17, 15) is 33.9 Å². The predicted molar refractivity (Wildman–Crippen MR) is 123 cm³/mol. The van der Waals surface area contributed by atoms with Crippen molar-refractivity contribution in [2.45, 2.75) is 37.6 Å². The second-order valence-corrected chi connectivity index (χ2v) is 9.54. The lowest BCUT2D eigenvalue weighted by atomic mass is 10.0. The molecule has 0 unspecified atom stereocenters. The zero-order valence-electron chi connectivity index (χ0n) is 18.6. The van der Waals surface area contributed by atoms with Gasteiger partial charge in [0.1, 0.15) is 23.7 Å². The molecule has 3 N–H and O–H groups in total. The third-order valence-corrected chi connectivity index (χ3v) is 7.18. The van der Waals surface area contributed by atoms with Gasteiger partial charge in [0, 0.05) is 22.6 Å². The summed E-state index contributed by atoms with van der Waals surface area (Å²) in [5.74, 6) is -3.57. The van der Waals surface area contributed by atoms with E-state index in [1.807, 2.05) is 16.8 Å². The molecule has 0 bridgehead atoms. The van der Waals surface area contributed by atoms with Crippen molar-refractivity contribution in [1.29, 1.82) is 0 Å². The summed E-state index contributed by atoms with van der Waals surface area (Å²) < 4.78 is 9.64. The van der Waals surface area contributed by atoms with Crippen LogP contribution < -0.4 is 10.6 Å². The number of carboxylic acid groups (broad SMARTS) is 1. The largest absolute Gasteiger partial charge is 0.477 e. The number of ether oxygens (including phenoxy) is 2. The van der Waals surface area contributed by atoms with Crippen LogP contribution in [0, 0.1) is 0 Å². The van der Waals surface area contributed by atoms with Crippen LogP contribution in [0.2, 0.25) is 0 Å². The normalized spacial score (nSPS) is 18.8. The van der Waals surface area contributed by atoms with Gasteiger partial charge in [0.2, 0.25) is 11.8 Å². The fourth-order valence-electron chi connectivity index (χ4n) is 3.39. The molecule has 0 spiro atoms. The van der Waals surface area contributed by atoms with Crippen LogP contribution in [0.4, 0.5) is 4.79 Å². The Labute approximate surface area is 208 Å². The molecule has 0 saturated carbocycles. The molecule has 12 nitrogen and oxygen atoms in total. The number of alkyl carbamates (subject to hydrolysis) is 1. The van der Waals surface area contributed by atoms with Crippen molar-refractivity contribution in [2.24, 2.45) is 0 Å². The van der Waals surface area contributed by atoms with Gasteiger partial charge in [-0.2, -0.15) is 0 Å². The second kappa shape index (κ2) is 11.8. The molecule has 2 atom stereocenters. The van der Waals surface area contributed by atoms with E-state index in [1.165, 1.54) is 23.1 Å². The third kappa shape index (κ3) is 6.60. The SMILES string of the molecule is CCOC(=O)NC(=O)CCC(=O)OCC1=C(C(=O)O)N2C(=O)[C@@H](NC(=O)Cc3cccs3)[C@@H]2SC1. The smallest absolute Gasteiger partial charge is 0.413 e. The maximum absolute atomic E-state index is 12.7. The van der Waals surface area contributed by atoms with Gasteiger partial charge in [0.25, 0.3) is 5.91 Å². The van der Waals surface area contributed by atoms with Gasteiger partial charge < -0.3 is 19.9 Å². The van der Waals surface area contributed by atoms with Crippen molar-refractivity contribution in [3.8, 4) is 0 Å². The van der Waals surface area contributed by atoms with Gasteiger partial charge >= 0.3 is 18.0 Å². The Balaban J connectivity index is 1.53. The summed E-state index contributed by atoms with van der Waals surface area (Å²) in [6, 6.07) is 2.78. The first kappa shape index (κ1) is 26.2. The van der Waals surface area contributed by atoms with E-state index in [-0.39, 0.29) is 55.4 Å². The van der Waals surface area contributed by atoms with E-state index in [0.29, 0.717) is 0 Å². The fourth-order valence-corrected chi connectivity index (χ4v) is 5.42. The summed E-state index contributed by atoms with van der Waals surface area (Å²) >= 11 is 2.67. The minimum absolute atomic E-state index is 0.0861. The Morgan fingerprint density at radius 3 is 2.60 bits per heavy atom. The Morgan fingerprint density at radius 2 is 1.94 bits per heavy atom. The van der Waals surface area contributed by atoms with Crippen molar-refractivity contribution in [2.75, 3.05) is 19.0 Å². The van der Waals surface area contributed by atoms with Gasteiger partial charge in [-0.05, 0) is 18.4 Å². The molecule has 2 aliphatic rings. The molecule has 1 aromatic rings. The van der Waals surface area contributed by atoms with E-state index in [0.717, 1.165) is 9.78 Å². The van der Waals surface area contributed by atoms with Gasteiger partial charge in [-0.1, -0.05) is 6.07 Å². The van der Waals surface area contributed by atoms with Gasteiger partial charge in [-0.15, -0.1) is 23.1 Å². The van der Waals surface area contributed by atoms with Gasteiger partial charge in [0.05, 0.1) is 19.4 Å². The highest BCUT2D eigenvalue weighted by Gasteiger charge is 2.54. The maximum atomic E-state index is 12.7. The van der Waals surface area contributed by atoms with Crippen LogP contribution in [-0.4, -0.2) is 76.1 Å². The summed E-state index contributed by atoms with van der Waals surface area (Å²) in [5.41, 5.74) is -0.0600. The number of thiophene rings is 1. The molecule has 14 heteroatoms. The molecule has 1 aromatic heterocycles. The number of nitrogens with zero attached hydrogens (tertiary/aromatic N) is 1. The lowest BCUT2D eigenvalue weighted by Gasteiger charge is -2.49. The Kier molecular flexibility index (Phi) is 8.87. The number of carboxylic acids is 1. The first-order valence-electron chi connectivity index (χ1n) is 10.5. The molecule has 0 radical (unpaired) electrons. The molecule has 3 rings (SSSR count). The molecule has 1 fully saturated rings. The minimum Gasteiger partial charge on any atom is -0.477 e. The number of hydrogen-bond donors (Lipinski definition) is 3. The van der Waals surface area contributed by atoms with E-state index >= 15 is 0 Å². The van der Waals surface area contributed by atoms with E-state index in [2.05, 4.69) is 10.1 Å². The van der Waals surface area contributed by atoms with Crippen molar-refractivity contribution < 1.29 is 43.3 Å². The van der Waals surface area contributed by atoms with Gasteiger partial charge in [-0.3, -0.25) is 29.4 Å². The number of nitrogens with one attached hydrogen (secondary N) is 2. The molecule has 188 valence electrons. The Bertz CT molecular complexity index is 1050. The van der Waals surface area contributed by atoms with Crippen LogP contribution in [0.25, 0.3) is 0 Å². The van der Waals surface area contributed by atoms with Crippen LogP contribution >= 0.6 is 23.1 Å². The van der Waals surface area contributed by atoms with E-state index in [4.69, 9.17) is 4.74 Å². The van der Waals surface area contributed by atoms with Crippen molar-refractivity contribution in [3.05, 3.63) is 33.7 Å². The highest BCUT2D eigenvalue weighted by molar-refractivity contribution is 8.00. The number of thioether (sulfide) groups is 1. The molecule has 0 aromatic carbocycles. The predicted octanol–water partition coefficient (Wildman–Crippen LogP) is 0.625. The number of rotatable bonds is 10. The van der Waals surface area contributed by atoms with Crippen molar-refractivity contribution in [3.63, 3.8) is 0 Å². The van der Waals surface area contributed by atoms with Gasteiger partial charge in [-0.25, -0.2) is 9.59 Å². The van der Waals surface area contributed by atoms with Crippen LogP contribution in [0.3, 0.4) is 0 Å². The van der Waals surface area contributed by atoms with Crippen molar-refractivity contribution in [1.82, 2.24) is 15.5 Å². The summed E-state index contributed by atoms with van der Waals surface area (Å²) in [6.45, 7) is 1.28. The van der Waals surface area contributed by atoms with Crippen LogP contribution in [0.5, 0.6) is 0 Å². The topological polar surface area (TPSA) is 168 Å². The number of hydrogen-bond acceptors (Lipinski definition) is 10. The first-order valence-corrected chi connectivity index (χ1v) is 12.5. The standard InChI is InChI=1S/C21H23N3O9S2/c1-2-32-21(31)23-13(25)5-6-15(27)33-9-11-10-35-19-16(18(28)24(19)17(11)20(29)30)22-14(26)8-12-4-3-7-34-12/h3-4,7,16,19H,2,5-6,8-10H2,1H3,(H,22,26)(H,29,30)(H,23,25,31)/t16-,19+/m1/s1. The Hall–Kier alpha value is -3.39. The van der Waals surface area contributed by atoms with E-state index in [1.54, 1.807) is 13.0 Å². The average molecular weight is 526 g/mol. The summed E-state index contributed by atoms with van der Waals surface area (Å²) in [5, 5.41) is 15.5. The number of fused-ring (bicyclic) bond motifs is 1. The first-order chi connectivity index (χ1) is 16.7. The number of carbonyl (C=O) groups excluding carboxylic acids is 5. The number of imide groups is 1. The molecule has 2 aliphatic heterocycles. The molecular formula is C21H23N3O9S2. The summed E-state index contributed by atoms with van der Waals surface area (Å²) in [4.78, 5) is 73.5. The monoisotopic (exact) mass is 525 g/mol. The zero-order valence-corrected chi connectivity index (χ0v) is 20.2. The quantitative estimate of drug-likeness (QED) is 0.291. The third-order valence-electron chi connectivity index (χ3n) is 4.96. The second-order valence-electron chi connectivity index (χ2n) is 7.40. The number of carbonyl (C=O) groups is 6. The maximum Gasteiger partial charge on any atom is 0.413 e. The fraction of sp³-hybridized carbons (Fsp3) is 0.429. The van der Waals surface area contributed by atoms with Crippen molar-refractivity contribution >= 4 is 58.9 Å². The molecular weight excluding hydrogens is 502 g/mol. The molecule has 35 heavy (non-hydrogen) atoms. The molecule has 3 heterocycles. The molecule has 1 saturated heterocycles. The average Bonchev–Trinajstić information content (AvgIpc) is 3.32. The molecule has 4 amide bonds. The minimum atomic E-state index is -1.35. The highest BCUT2D eigenvalue weighted by Crippen LogP contribution is 2.40. The summed E-state index contributed by atoms with van der Waals surface area (Å²) in [7, 11) is 0. The lowest BCUT2D eigenvalue weighted by Crippen LogP contribution is -2.70. The zero-order chi connectivity index (χ0) is 25.5. The number of aliphatic carboxylic acids is 1. The molecule has 0 aliphatic carbocycles. The van der Waals surface area contributed by atoms with Crippen LogP contribution in [0.15, 0.2) is 28.8 Å². The van der Waals surface area contributed by atoms with Crippen LogP contribution in [0.1, 0.15) is 24.6 Å². The Morgan fingerprint density at radius 1 is 1.17 bits per heavy atom. The highest BCUT2D eigenvalue weighted by atomic mass is 32.2. The number of β-lactam (4-membered cyclic amide) rings is 1.